The van der Waals surface area contributed by atoms with Gasteiger partial charge in [0.05, 0.1) is 11.0 Å². The number of aromatic nitrogens is 2. The first-order valence-electron chi connectivity index (χ1n) is 8.99. The third-order valence-electron chi connectivity index (χ3n) is 4.53. The molecule has 0 atom stereocenters. The first-order chi connectivity index (χ1) is 14.3. The molecular weight excluding hydrogens is 395 g/mol. The van der Waals surface area contributed by atoms with E-state index in [9.17, 15) is 18.0 Å². The van der Waals surface area contributed by atoms with E-state index in [0.717, 1.165) is 11.3 Å². The summed E-state index contributed by atoms with van der Waals surface area (Å²) in [6.07, 6.45) is -4.74. The van der Waals surface area contributed by atoms with Gasteiger partial charge in [-0.25, -0.2) is 4.98 Å². The molecule has 0 amide bonds. The highest BCUT2D eigenvalue weighted by Crippen LogP contribution is 2.28. The molecule has 4 rings (SSSR count). The number of para-hydroxylation sites is 1. The van der Waals surface area contributed by atoms with Crippen molar-refractivity contribution in [3.63, 3.8) is 0 Å². The highest BCUT2D eigenvalue weighted by molar-refractivity contribution is 5.83. The molecule has 0 saturated carbocycles. The second-order valence-electron chi connectivity index (χ2n) is 6.59. The topological polar surface area (TPSA) is 56.2 Å². The maximum absolute atomic E-state index is 12.7. The van der Waals surface area contributed by atoms with Crippen LogP contribution in [0.5, 0.6) is 5.75 Å². The number of nitrogens with one attached hydrogen (secondary N) is 1. The highest BCUT2D eigenvalue weighted by atomic mass is 19.4. The summed E-state index contributed by atoms with van der Waals surface area (Å²) in [5, 5.41) is 3.03. The average molecular weight is 411 g/mol. The van der Waals surface area contributed by atoms with Crippen LogP contribution >= 0.6 is 0 Å². The van der Waals surface area contributed by atoms with E-state index in [1.165, 1.54) is 28.8 Å². The van der Waals surface area contributed by atoms with E-state index in [2.05, 4.69) is 15.0 Å². The zero-order valence-corrected chi connectivity index (χ0v) is 15.8. The van der Waals surface area contributed by atoms with Crippen LogP contribution in [0, 0.1) is 0 Å². The first-order valence-corrected chi connectivity index (χ1v) is 8.99. The van der Waals surface area contributed by atoms with Gasteiger partial charge in [-0.1, -0.05) is 36.4 Å². The van der Waals surface area contributed by atoms with Crippen molar-refractivity contribution < 1.29 is 17.9 Å². The second-order valence-corrected chi connectivity index (χ2v) is 6.59. The minimum absolute atomic E-state index is 0.206. The molecular formula is C22H16F3N3O2. The Hall–Kier alpha value is -3.81. The van der Waals surface area contributed by atoms with Gasteiger partial charge in [-0.2, -0.15) is 0 Å². The zero-order chi connectivity index (χ0) is 21.3. The number of rotatable bonds is 4. The van der Waals surface area contributed by atoms with Crippen LogP contribution in [0.3, 0.4) is 0 Å². The monoisotopic (exact) mass is 411 g/mol. The summed E-state index contributed by atoms with van der Waals surface area (Å²) >= 11 is 0. The van der Waals surface area contributed by atoms with Crippen LogP contribution in [0.4, 0.5) is 24.7 Å². The molecule has 5 nitrogen and oxygen atoms in total. The minimum Gasteiger partial charge on any atom is -0.406 e. The number of halogens is 3. The van der Waals surface area contributed by atoms with Crippen LogP contribution < -0.4 is 15.6 Å². The molecule has 0 bridgehead atoms. The first kappa shape index (κ1) is 19.5. The fourth-order valence-electron chi connectivity index (χ4n) is 3.09. The number of anilines is 2. The summed E-state index contributed by atoms with van der Waals surface area (Å²) < 4.78 is 42.4. The molecule has 1 heterocycles. The van der Waals surface area contributed by atoms with E-state index in [-0.39, 0.29) is 17.1 Å². The van der Waals surface area contributed by atoms with Crippen LogP contribution in [0.25, 0.3) is 22.2 Å². The Morgan fingerprint density at radius 2 is 1.60 bits per heavy atom. The van der Waals surface area contributed by atoms with Crippen molar-refractivity contribution in [2.24, 2.45) is 7.05 Å². The Balaban J connectivity index is 1.68. The maximum Gasteiger partial charge on any atom is 0.573 e. The number of hydrogen-bond donors (Lipinski definition) is 1. The Morgan fingerprint density at radius 1 is 0.933 bits per heavy atom. The van der Waals surface area contributed by atoms with E-state index in [1.54, 1.807) is 25.2 Å². The summed E-state index contributed by atoms with van der Waals surface area (Å²) in [7, 11) is 1.65. The summed E-state index contributed by atoms with van der Waals surface area (Å²) in [5.41, 5.74) is 3.09. The fourth-order valence-corrected chi connectivity index (χ4v) is 3.09. The highest BCUT2D eigenvalue weighted by Gasteiger charge is 2.30. The lowest BCUT2D eigenvalue weighted by atomic mass is 10.0. The van der Waals surface area contributed by atoms with Crippen molar-refractivity contribution in [2.45, 2.75) is 6.36 Å². The van der Waals surface area contributed by atoms with Gasteiger partial charge < -0.3 is 14.6 Å². The van der Waals surface area contributed by atoms with Crippen LogP contribution in [0.2, 0.25) is 0 Å². The van der Waals surface area contributed by atoms with E-state index < -0.39 is 6.36 Å². The Bertz CT molecular complexity index is 1250. The standard InChI is InChI=1S/C22H16F3N3O2/c1-28-19-13-15(14-7-10-17(11-8-14)30-22(23,24)25)9-12-18(19)27-20(21(28)29)26-16-5-3-2-4-6-16/h2-13H,1H3,(H,26,27). The molecule has 0 saturated heterocycles. The molecule has 3 aromatic carbocycles. The number of benzene rings is 3. The van der Waals surface area contributed by atoms with Gasteiger partial charge in [-0.3, -0.25) is 4.79 Å². The van der Waals surface area contributed by atoms with E-state index >= 15 is 0 Å². The molecule has 0 radical (unpaired) electrons. The van der Waals surface area contributed by atoms with E-state index in [0.29, 0.717) is 16.6 Å². The Kier molecular flexibility index (Phi) is 4.91. The van der Waals surface area contributed by atoms with Crippen LogP contribution in [0.1, 0.15) is 0 Å². The predicted molar refractivity (Wildman–Crippen MR) is 109 cm³/mol. The number of fused-ring (bicyclic) bond motifs is 1. The SMILES string of the molecule is Cn1c(=O)c(Nc2ccccc2)nc2ccc(-c3ccc(OC(F)(F)F)cc3)cc21. The number of alkyl halides is 3. The van der Waals surface area contributed by atoms with Gasteiger partial charge in [0, 0.05) is 12.7 Å². The summed E-state index contributed by atoms with van der Waals surface area (Å²) in [5.74, 6) is -0.0877. The minimum atomic E-state index is -4.74. The van der Waals surface area contributed by atoms with Crippen LogP contribution in [0.15, 0.2) is 77.6 Å². The van der Waals surface area contributed by atoms with Crippen molar-refractivity contribution in [1.82, 2.24) is 9.55 Å². The van der Waals surface area contributed by atoms with Gasteiger partial charge in [0.25, 0.3) is 5.56 Å². The number of nitrogens with zero attached hydrogens (tertiary/aromatic N) is 2. The van der Waals surface area contributed by atoms with E-state index in [1.807, 2.05) is 30.3 Å². The smallest absolute Gasteiger partial charge is 0.406 e. The van der Waals surface area contributed by atoms with Gasteiger partial charge in [0.15, 0.2) is 5.82 Å². The van der Waals surface area contributed by atoms with Gasteiger partial charge in [0.1, 0.15) is 5.75 Å². The molecule has 0 unspecified atom stereocenters. The lowest BCUT2D eigenvalue weighted by molar-refractivity contribution is -0.274. The lowest BCUT2D eigenvalue weighted by Crippen LogP contribution is -2.21. The summed E-state index contributed by atoms with van der Waals surface area (Å²) in [4.78, 5) is 17.2. The average Bonchev–Trinajstić information content (AvgIpc) is 2.72. The molecule has 0 fully saturated rings. The van der Waals surface area contributed by atoms with Crippen molar-refractivity contribution in [3.05, 3.63) is 83.2 Å². The maximum atomic E-state index is 12.7. The summed E-state index contributed by atoms with van der Waals surface area (Å²) in [6.45, 7) is 0. The number of hydrogen-bond acceptors (Lipinski definition) is 4. The van der Waals surface area contributed by atoms with Gasteiger partial charge in [-0.15, -0.1) is 13.2 Å². The molecule has 0 spiro atoms. The van der Waals surface area contributed by atoms with Crippen molar-refractivity contribution >= 4 is 22.5 Å². The van der Waals surface area contributed by atoms with Crippen LogP contribution in [-0.4, -0.2) is 15.9 Å². The van der Waals surface area contributed by atoms with Gasteiger partial charge in [0.2, 0.25) is 0 Å². The lowest BCUT2D eigenvalue weighted by Gasteiger charge is -2.12. The fraction of sp³-hybridized carbons (Fsp3) is 0.0909. The largest absolute Gasteiger partial charge is 0.573 e. The molecule has 8 heteroatoms. The van der Waals surface area contributed by atoms with Crippen molar-refractivity contribution in [2.75, 3.05) is 5.32 Å². The van der Waals surface area contributed by atoms with Crippen LogP contribution in [-0.2, 0) is 7.05 Å². The Morgan fingerprint density at radius 3 is 2.27 bits per heavy atom. The quantitative estimate of drug-likeness (QED) is 0.499. The molecule has 1 N–H and O–H groups in total. The Labute approximate surface area is 169 Å². The van der Waals surface area contributed by atoms with E-state index in [4.69, 9.17) is 0 Å². The molecule has 30 heavy (non-hydrogen) atoms. The molecule has 0 aliphatic rings. The predicted octanol–water partition coefficient (Wildman–Crippen LogP) is 5.24. The zero-order valence-electron chi connectivity index (χ0n) is 15.8. The number of ether oxygens (including phenoxy) is 1. The number of aryl methyl sites for hydroxylation is 1. The molecule has 152 valence electrons. The molecule has 4 aromatic rings. The van der Waals surface area contributed by atoms with Gasteiger partial charge in [-0.05, 0) is 47.5 Å². The second kappa shape index (κ2) is 7.55. The molecule has 1 aromatic heterocycles. The normalized spacial score (nSPS) is 11.5. The third-order valence-corrected chi connectivity index (χ3v) is 4.53. The summed E-state index contributed by atoms with van der Waals surface area (Å²) in [6, 6.07) is 20.1. The third kappa shape index (κ3) is 4.12. The van der Waals surface area contributed by atoms with Gasteiger partial charge >= 0.3 is 6.36 Å². The molecule has 0 aliphatic carbocycles. The molecule has 0 aliphatic heterocycles. The van der Waals surface area contributed by atoms with Crippen molar-refractivity contribution in [3.8, 4) is 16.9 Å². The van der Waals surface area contributed by atoms with Crippen molar-refractivity contribution in [1.29, 1.82) is 0 Å².